The summed E-state index contributed by atoms with van der Waals surface area (Å²) in [5.41, 5.74) is 0. The number of hydrogen-bond donors (Lipinski definition) is 2. The molecule has 0 fully saturated rings. The summed E-state index contributed by atoms with van der Waals surface area (Å²) >= 11 is 0. The molecule has 412 valence electrons. The van der Waals surface area contributed by atoms with Gasteiger partial charge in [-0.2, -0.15) is 0 Å². The van der Waals surface area contributed by atoms with Crippen molar-refractivity contribution in [1.82, 2.24) is 0 Å². The molecule has 0 spiro atoms. The molecule has 0 amide bonds. The first-order valence-corrected chi connectivity index (χ1v) is 29.6. The number of unbranched alkanes of at least 4 members (excludes halogenated alkanes) is 18. The number of aliphatic hydroxyl groups excluding tert-OH is 1. The van der Waals surface area contributed by atoms with Crippen molar-refractivity contribution in [3.05, 3.63) is 97.2 Å². The molecule has 0 radical (unpaired) electrons. The van der Waals surface area contributed by atoms with Crippen molar-refractivity contribution in [3.8, 4) is 0 Å². The van der Waals surface area contributed by atoms with Crippen molar-refractivity contribution >= 4 is 25.7 Å². The lowest BCUT2D eigenvalue weighted by atomic mass is 10.0. The maximum Gasteiger partial charge on any atom is 0.472 e. The van der Waals surface area contributed by atoms with E-state index in [1.54, 1.807) is 0 Å². The van der Waals surface area contributed by atoms with Gasteiger partial charge in [-0.3, -0.25) is 23.4 Å². The summed E-state index contributed by atoms with van der Waals surface area (Å²) in [7, 11) is -4.76. The Morgan fingerprint density at radius 1 is 0.403 bits per heavy atom. The van der Waals surface area contributed by atoms with Crippen molar-refractivity contribution in [2.75, 3.05) is 26.4 Å². The lowest BCUT2D eigenvalue weighted by Crippen LogP contribution is -2.30. The van der Waals surface area contributed by atoms with E-state index in [1.807, 2.05) is 0 Å². The summed E-state index contributed by atoms with van der Waals surface area (Å²) < 4.78 is 39.4. The van der Waals surface area contributed by atoms with Crippen molar-refractivity contribution in [2.24, 2.45) is 0 Å². The Kier molecular flexibility index (Phi) is 51.0. The maximum atomic E-state index is 12.9. The molecule has 0 bridgehead atoms. The van der Waals surface area contributed by atoms with Gasteiger partial charge in [0.05, 0.1) is 19.8 Å². The van der Waals surface area contributed by atoms with Crippen LogP contribution < -0.4 is 0 Å². The summed E-state index contributed by atoms with van der Waals surface area (Å²) in [6.07, 6.45) is 62.3. The summed E-state index contributed by atoms with van der Waals surface area (Å²) in [5.74, 6) is -1.55. The Hall–Kier alpha value is -3.60. The number of ether oxygens (including phenoxy) is 3. The molecule has 72 heavy (non-hydrogen) atoms. The van der Waals surface area contributed by atoms with Crippen LogP contribution in [0.15, 0.2) is 97.2 Å². The third-order valence-electron chi connectivity index (χ3n) is 11.5. The summed E-state index contributed by atoms with van der Waals surface area (Å²) in [4.78, 5) is 48.5. The number of carbonyl (C=O) groups excluding carboxylic acids is 3. The van der Waals surface area contributed by atoms with E-state index in [4.69, 9.17) is 23.3 Å². The monoisotopic (exact) mass is 1030 g/mol. The molecule has 0 heterocycles. The van der Waals surface area contributed by atoms with Gasteiger partial charge in [0, 0.05) is 19.3 Å². The van der Waals surface area contributed by atoms with Crippen LogP contribution in [-0.2, 0) is 42.2 Å². The van der Waals surface area contributed by atoms with Crippen LogP contribution in [0.3, 0.4) is 0 Å². The topological polar surface area (TPSA) is 155 Å². The number of carbonyl (C=O) groups is 3. The Labute approximate surface area is 438 Å². The zero-order valence-electron chi connectivity index (χ0n) is 45.4. The van der Waals surface area contributed by atoms with Gasteiger partial charge >= 0.3 is 25.7 Å². The number of allylic oxidation sites excluding steroid dienone is 16. The van der Waals surface area contributed by atoms with Crippen LogP contribution in [0.5, 0.6) is 0 Å². The summed E-state index contributed by atoms with van der Waals surface area (Å²) in [5, 5.41) is 9.80. The first kappa shape index (κ1) is 68.4. The molecule has 0 aliphatic rings. The minimum absolute atomic E-state index is 0.127. The predicted molar refractivity (Wildman–Crippen MR) is 297 cm³/mol. The van der Waals surface area contributed by atoms with Crippen LogP contribution in [0.25, 0.3) is 0 Å². The SMILES string of the molecule is CC/C=C\C/C=C\C/C=C\C/C=C\CCCCCCC(=O)OC(COC(=O)CCCC/C=C\C/C=C\C/C=C\C/C=C\CC)COP(=O)(O)OCC(CO)OC(=O)CCCCCCCCCCCCCCC. The van der Waals surface area contributed by atoms with E-state index < -0.39 is 57.8 Å². The first-order valence-electron chi connectivity index (χ1n) is 28.1. The fourth-order valence-corrected chi connectivity index (χ4v) is 8.06. The number of esters is 3. The van der Waals surface area contributed by atoms with Crippen LogP contribution in [0.2, 0.25) is 0 Å². The molecule has 11 nitrogen and oxygen atoms in total. The molecule has 3 unspecified atom stereocenters. The average molecular weight is 1030 g/mol. The molecule has 0 saturated carbocycles. The molecule has 0 aromatic rings. The first-order chi connectivity index (χ1) is 35.2. The van der Waals surface area contributed by atoms with Crippen molar-refractivity contribution < 1.29 is 52.2 Å². The quantitative estimate of drug-likeness (QED) is 0.0197. The highest BCUT2D eigenvalue weighted by molar-refractivity contribution is 7.47. The zero-order chi connectivity index (χ0) is 52.7. The van der Waals surface area contributed by atoms with Crippen LogP contribution in [0, 0.1) is 0 Å². The molecule has 3 atom stereocenters. The van der Waals surface area contributed by atoms with E-state index in [1.165, 1.54) is 57.8 Å². The van der Waals surface area contributed by atoms with Crippen LogP contribution in [0.4, 0.5) is 0 Å². The fraction of sp³-hybridized carbons (Fsp3) is 0.683. The fourth-order valence-electron chi connectivity index (χ4n) is 7.28. The standard InChI is InChI=1S/C60H101O11P/c1-4-7-10-13-16-19-22-25-27-28-30-33-36-39-42-45-48-51-60(64)71-57(53-67-58(62)49-46-43-40-37-34-32-29-26-23-20-17-14-11-8-5-2)55-69-72(65,66)68-54-56(52-61)70-59(63)50-47-44-41-38-35-31-24-21-18-15-12-9-6-3/h7-8,10-11,16-17,19-20,25-27,29-30,33-34,37,56-57,61H,4-6,9,12-15,18,21-24,28,31-32,35-36,38-55H2,1-3H3,(H,65,66)/b10-7-,11-8-,19-16-,20-17-,27-25-,29-26-,33-30-,37-34-. The lowest BCUT2D eigenvalue weighted by Gasteiger charge is -2.21. The normalized spacial score (nSPS) is 14.1. The minimum Gasteiger partial charge on any atom is -0.462 e. The van der Waals surface area contributed by atoms with E-state index >= 15 is 0 Å². The molecule has 0 aromatic heterocycles. The Bertz CT molecular complexity index is 1580. The van der Waals surface area contributed by atoms with E-state index in [2.05, 4.69) is 118 Å². The molecule has 12 heteroatoms. The molecule has 0 aliphatic heterocycles. The van der Waals surface area contributed by atoms with Gasteiger partial charge in [-0.05, 0) is 96.3 Å². The Morgan fingerprint density at radius 2 is 0.722 bits per heavy atom. The smallest absolute Gasteiger partial charge is 0.462 e. The lowest BCUT2D eigenvalue weighted by molar-refractivity contribution is -0.161. The molecular formula is C60H101O11P. The predicted octanol–water partition coefficient (Wildman–Crippen LogP) is 16.5. The van der Waals surface area contributed by atoms with Gasteiger partial charge in [-0.1, -0.05) is 208 Å². The summed E-state index contributed by atoms with van der Waals surface area (Å²) in [6, 6.07) is 0. The molecular weight excluding hydrogens is 928 g/mol. The third kappa shape index (κ3) is 51.3. The van der Waals surface area contributed by atoms with Gasteiger partial charge in [0.1, 0.15) is 12.7 Å². The molecule has 0 rings (SSSR count). The van der Waals surface area contributed by atoms with Crippen molar-refractivity contribution in [2.45, 2.75) is 238 Å². The van der Waals surface area contributed by atoms with Crippen molar-refractivity contribution in [3.63, 3.8) is 0 Å². The van der Waals surface area contributed by atoms with Gasteiger partial charge < -0.3 is 24.2 Å². The number of rotatable bonds is 51. The number of hydrogen-bond acceptors (Lipinski definition) is 10. The van der Waals surface area contributed by atoms with Gasteiger partial charge in [-0.25, -0.2) is 4.57 Å². The molecule has 0 saturated heterocycles. The highest BCUT2D eigenvalue weighted by atomic mass is 31.2. The van der Waals surface area contributed by atoms with E-state index in [0.29, 0.717) is 19.3 Å². The van der Waals surface area contributed by atoms with E-state index in [-0.39, 0.29) is 25.9 Å². The summed E-state index contributed by atoms with van der Waals surface area (Å²) in [6.45, 7) is 4.33. The molecule has 2 N–H and O–H groups in total. The number of phosphoric acid groups is 1. The van der Waals surface area contributed by atoms with Gasteiger partial charge in [0.25, 0.3) is 0 Å². The second kappa shape index (κ2) is 53.7. The molecule has 0 aliphatic carbocycles. The van der Waals surface area contributed by atoms with Crippen molar-refractivity contribution in [1.29, 1.82) is 0 Å². The highest BCUT2D eigenvalue weighted by Gasteiger charge is 2.28. The largest absolute Gasteiger partial charge is 0.472 e. The van der Waals surface area contributed by atoms with Crippen LogP contribution in [-0.4, -0.2) is 66.5 Å². The van der Waals surface area contributed by atoms with Crippen LogP contribution in [0.1, 0.15) is 226 Å². The highest BCUT2D eigenvalue weighted by Crippen LogP contribution is 2.43. The number of phosphoric ester groups is 1. The van der Waals surface area contributed by atoms with E-state index in [9.17, 15) is 28.9 Å². The Balaban J connectivity index is 4.84. The molecule has 0 aromatic carbocycles. The van der Waals surface area contributed by atoms with Gasteiger partial charge in [0.2, 0.25) is 0 Å². The third-order valence-corrected chi connectivity index (χ3v) is 12.5. The van der Waals surface area contributed by atoms with E-state index in [0.717, 1.165) is 109 Å². The van der Waals surface area contributed by atoms with Crippen LogP contribution >= 0.6 is 7.82 Å². The Morgan fingerprint density at radius 3 is 1.14 bits per heavy atom. The number of aliphatic hydroxyl groups is 1. The van der Waals surface area contributed by atoms with Gasteiger partial charge in [0.15, 0.2) is 6.10 Å². The van der Waals surface area contributed by atoms with Gasteiger partial charge in [-0.15, -0.1) is 0 Å². The zero-order valence-corrected chi connectivity index (χ0v) is 46.3. The second-order valence-corrected chi connectivity index (χ2v) is 19.8. The second-order valence-electron chi connectivity index (χ2n) is 18.3. The minimum atomic E-state index is -4.76. The maximum absolute atomic E-state index is 12.9. The average Bonchev–Trinajstić information content (AvgIpc) is 3.37.